The zero-order valence-electron chi connectivity index (χ0n) is 12.5. The molecule has 2 aliphatic rings. The lowest BCUT2D eigenvalue weighted by Gasteiger charge is -2.26. The summed E-state index contributed by atoms with van der Waals surface area (Å²) in [5.74, 6) is 0. The van der Waals surface area contributed by atoms with Crippen molar-refractivity contribution in [3.8, 4) is 0 Å². The van der Waals surface area contributed by atoms with Crippen LogP contribution >= 0.6 is 0 Å². The molecule has 0 amide bonds. The second kappa shape index (κ2) is 5.74. The van der Waals surface area contributed by atoms with Crippen molar-refractivity contribution in [1.82, 2.24) is 4.90 Å². The summed E-state index contributed by atoms with van der Waals surface area (Å²) in [5, 5.41) is 0. The molecule has 1 saturated heterocycles. The summed E-state index contributed by atoms with van der Waals surface area (Å²) in [6.07, 6.45) is 8.17. The van der Waals surface area contributed by atoms with Gasteiger partial charge in [-0.15, -0.1) is 0 Å². The number of anilines is 1. The van der Waals surface area contributed by atoms with Crippen molar-refractivity contribution in [3.63, 3.8) is 0 Å². The molecule has 1 atom stereocenters. The van der Waals surface area contributed by atoms with Crippen LogP contribution in [0.4, 0.5) is 5.69 Å². The van der Waals surface area contributed by atoms with Crippen LogP contribution in [0.2, 0.25) is 0 Å². The van der Waals surface area contributed by atoms with E-state index in [9.17, 15) is 0 Å². The first-order valence-electron chi connectivity index (χ1n) is 7.86. The molecule has 0 radical (unpaired) electrons. The van der Waals surface area contributed by atoms with E-state index in [1.165, 1.54) is 44.1 Å². The number of benzene rings is 1. The molecule has 20 heavy (non-hydrogen) atoms. The van der Waals surface area contributed by atoms with Crippen LogP contribution in [0.15, 0.2) is 24.3 Å². The molecule has 1 aromatic rings. The lowest BCUT2D eigenvalue weighted by molar-refractivity contribution is -0.0457. The minimum absolute atomic E-state index is 0.253. The fourth-order valence-electron chi connectivity index (χ4n) is 3.83. The van der Waals surface area contributed by atoms with E-state index >= 15 is 0 Å². The van der Waals surface area contributed by atoms with Crippen molar-refractivity contribution in [3.05, 3.63) is 29.8 Å². The number of hydrogen-bond acceptors (Lipinski definition) is 3. The highest BCUT2D eigenvalue weighted by Crippen LogP contribution is 2.43. The second-order valence-electron chi connectivity index (χ2n) is 6.61. The van der Waals surface area contributed by atoms with E-state index in [-0.39, 0.29) is 5.60 Å². The number of nitrogens with zero attached hydrogens (tertiary/aromatic N) is 1. The van der Waals surface area contributed by atoms with Gasteiger partial charge in [0.15, 0.2) is 0 Å². The van der Waals surface area contributed by atoms with E-state index in [1.54, 1.807) is 0 Å². The molecule has 1 unspecified atom stereocenters. The summed E-state index contributed by atoms with van der Waals surface area (Å²) in [4.78, 5) is 2.35. The summed E-state index contributed by atoms with van der Waals surface area (Å²) >= 11 is 0. The molecule has 0 bridgehead atoms. The minimum atomic E-state index is 0.253. The lowest BCUT2D eigenvalue weighted by atomic mass is 9.98. The highest BCUT2D eigenvalue weighted by atomic mass is 16.5. The van der Waals surface area contributed by atoms with Gasteiger partial charge in [-0.3, -0.25) is 4.90 Å². The molecule has 2 fully saturated rings. The molecule has 1 saturated carbocycles. The zero-order chi connectivity index (χ0) is 14.0. The molecule has 1 aromatic carbocycles. The summed E-state index contributed by atoms with van der Waals surface area (Å²) in [6, 6.07) is 8.16. The van der Waals surface area contributed by atoms with Crippen molar-refractivity contribution in [2.45, 2.75) is 56.8 Å². The maximum absolute atomic E-state index is 6.38. The fourth-order valence-corrected chi connectivity index (χ4v) is 3.83. The predicted octanol–water partition coefficient (Wildman–Crippen LogP) is 3.19. The van der Waals surface area contributed by atoms with Gasteiger partial charge in [0, 0.05) is 18.8 Å². The number of nitrogens with two attached hydrogens (primary N) is 1. The molecular formula is C17H26N2O. The Morgan fingerprint density at radius 1 is 1.30 bits per heavy atom. The van der Waals surface area contributed by atoms with E-state index in [1.807, 2.05) is 12.1 Å². The normalized spacial score (nSPS) is 24.8. The maximum atomic E-state index is 6.38. The first-order chi connectivity index (χ1) is 9.65. The van der Waals surface area contributed by atoms with Gasteiger partial charge in [-0.05, 0) is 50.4 Å². The van der Waals surface area contributed by atoms with Crippen LogP contribution in [0.5, 0.6) is 0 Å². The Kier molecular flexibility index (Phi) is 3.99. The molecule has 2 N–H and O–H groups in total. The quantitative estimate of drug-likeness (QED) is 0.857. The number of rotatable bonds is 4. The Labute approximate surface area is 122 Å². The Balaban J connectivity index is 1.51. The third kappa shape index (κ3) is 3.15. The van der Waals surface area contributed by atoms with Crippen molar-refractivity contribution in [1.29, 1.82) is 0 Å². The summed E-state index contributed by atoms with van der Waals surface area (Å²) in [5.41, 5.74) is 8.21. The van der Waals surface area contributed by atoms with Crippen LogP contribution in [-0.4, -0.2) is 30.2 Å². The van der Waals surface area contributed by atoms with Crippen LogP contribution in [0.25, 0.3) is 0 Å². The van der Waals surface area contributed by atoms with Crippen molar-refractivity contribution in [2.75, 3.05) is 19.3 Å². The topological polar surface area (TPSA) is 38.5 Å². The fraction of sp³-hybridized carbons (Fsp3) is 0.647. The van der Waals surface area contributed by atoms with Gasteiger partial charge in [-0.2, -0.15) is 0 Å². The Bertz CT molecular complexity index is 454. The average Bonchev–Trinajstić information content (AvgIpc) is 3.00. The van der Waals surface area contributed by atoms with E-state index in [0.717, 1.165) is 18.8 Å². The van der Waals surface area contributed by atoms with Gasteiger partial charge >= 0.3 is 0 Å². The molecule has 3 heteroatoms. The highest BCUT2D eigenvalue weighted by Gasteiger charge is 2.42. The first kappa shape index (κ1) is 13.9. The number of ether oxygens (including phenoxy) is 1. The maximum Gasteiger partial charge on any atom is 0.0710 e. The van der Waals surface area contributed by atoms with Gasteiger partial charge in [0.2, 0.25) is 0 Å². The van der Waals surface area contributed by atoms with E-state index in [2.05, 4.69) is 24.1 Å². The Morgan fingerprint density at radius 3 is 2.85 bits per heavy atom. The number of likely N-dealkylation sites (N-methyl/N-ethyl adjacent to an activating group) is 1. The number of hydrogen-bond donors (Lipinski definition) is 1. The van der Waals surface area contributed by atoms with Crippen LogP contribution in [0, 0.1) is 0 Å². The molecule has 1 aliphatic heterocycles. The second-order valence-corrected chi connectivity index (χ2v) is 6.61. The molecule has 3 nitrogen and oxygen atoms in total. The molecule has 1 aliphatic carbocycles. The Hall–Kier alpha value is -1.06. The van der Waals surface area contributed by atoms with Crippen molar-refractivity contribution >= 4 is 5.69 Å². The van der Waals surface area contributed by atoms with Crippen molar-refractivity contribution < 1.29 is 4.74 Å². The Morgan fingerprint density at radius 2 is 2.10 bits per heavy atom. The first-order valence-corrected chi connectivity index (χ1v) is 7.86. The zero-order valence-corrected chi connectivity index (χ0v) is 12.5. The smallest absolute Gasteiger partial charge is 0.0710 e. The van der Waals surface area contributed by atoms with Gasteiger partial charge in [0.25, 0.3) is 0 Å². The van der Waals surface area contributed by atoms with Gasteiger partial charge in [0.05, 0.1) is 11.7 Å². The molecule has 1 heterocycles. The van der Waals surface area contributed by atoms with Gasteiger partial charge in [0.1, 0.15) is 0 Å². The van der Waals surface area contributed by atoms with Gasteiger partial charge in [-0.1, -0.05) is 25.0 Å². The van der Waals surface area contributed by atoms with Crippen LogP contribution < -0.4 is 5.73 Å². The lowest BCUT2D eigenvalue weighted by Crippen LogP contribution is -2.32. The SMILES string of the molecule is CN(Cc1cccc(N)c1)CC1CCC2(CCCC2)O1. The molecule has 110 valence electrons. The number of nitrogen functional groups attached to an aromatic ring is 1. The predicted molar refractivity (Wildman–Crippen MR) is 82.5 cm³/mol. The summed E-state index contributed by atoms with van der Waals surface area (Å²) in [6.45, 7) is 1.97. The third-order valence-electron chi connectivity index (χ3n) is 4.77. The van der Waals surface area contributed by atoms with Gasteiger partial charge < -0.3 is 10.5 Å². The van der Waals surface area contributed by atoms with E-state index in [0.29, 0.717) is 6.10 Å². The largest absolute Gasteiger partial charge is 0.399 e. The van der Waals surface area contributed by atoms with E-state index in [4.69, 9.17) is 10.5 Å². The molecule has 3 rings (SSSR count). The molecule has 1 spiro atoms. The van der Waals surface area contributed by atoms with Gasteiger partial charge in [-0.25, -0.2) is 0 Å². The van der Waals surface area contributed by atoms with Crippen molar-refractivity contribution in [2.24, 2.45) is 0 Å². The molecule has 0 aromatic heterocycles. The summed E-state index contributed by atoms with van der Waals surface area (Å²) in [7, 11) is 2.17. The van der Waals surface area contributed by atoms with Crippen LogP contribution in [-0.2, 0) is 11.3 Å². The third-order valence-corrected chi connectivity index (χ3v) is 4.77. The molecular weight excluding hydrogens is 248 g/mol. The van der Waals surface area contributed by atoms with Crippen LogP contribution in [0.3, 0.4) is 0 Å². The van der Waals surface area contributed by atoms with E-state index < -0.39 is 0 Å². The monoisotopic (exact) mass is 274 g/mol. The van der Waals surface area contributed by atoms with Crippen LogP contribution in [0.1, 0.15) is 44.1 Å². The standard InChI is InChI=1S/C17H26N2O/c1-19(12-14-5-4-6-15(18)11-14)13-16-7-10-17(20-16)8-2-3-9-17/h4-6,11,16H,2-3,7-10,12-13,18H2,1H3. The summed E-state index contributed by atoms with van der Waals surface area (Å²) < 4.78 is 6.38. The minimum Gasteiger partial charge on any atom is -0.399 e. The highest BCUT2D eigenvalue weighted by molar-refractivity contribution is 5.40. The average molecular weight is 274 g/mol.